The summed E-state index contributed by atoms with van der Waals surface area (Å²) in [7, 11) is 0. The maximum Gasteiger partial charge on any atom is 0.271 e. The van der Waals surface area contributed by atoms with Gasteiger partial charge in [0.1, 0.15) is 11.6 Å². The SMILES string of the molecule is O=C(NCC1(c2cccc(F)c2)CCOCC1)c1ccn(-c2cccc(F)c2)n1. The van der Waals surface area contributed by atoms with Gasteiger partial charge in [-0.1, -0.05) is 18.2 Å². The predicted molar refractivity (Wildman–Crippen MR) is 104 cm³/mol. The molecule has 1 aliphatic rings. The number of rotatable bonds is 5. The van der Waals surface area contributed by atoms with Crippen LogP contribution in [-0.2, 0) is 10.2 Å². The van der Waals surface area contributed by atoms with Crippen molar-refractivity contribution in [2.24, 2.45) is 0 Å². The van der Waals surface area contributed by atoms with E-state index in [1.54, 1.807) is 30.5 Å². The molecule has 1 aromatic heterocycles. The van der Waals surface area contributed by atoms with Crippen LogP contribution in [0.3, 0.4) is 0 Å². The number of nitrogens with zero attached hydrogens (tertiary/aromatic N) is 2. The van der Waals surface area contributed by atoms with E-state index in [0.29, 0.717) is 38.3 Å². The summed E-state index contributed by atoms with van der Waals surface area (Å²) in [4.78, 5) is 12.7. The quantitative estimate of drug-likeness (QED) is 0.715. The second-order valence-corrected chi connectivity index (χ2v) is 7.21. The van der Waals surface area contributed by atoms with Crippen LogP contribution in [0.5, 0.6) is 0 Å². The molecule has 5 nitrogen and oxygen atoms in total. The predicted octanol–water partition coefficient (Wildman–Crippen LogP) is 3.63. The minimum Gasteiger partial charge on any atom is -0.381 e. The van der Waals surface area contributed by atoms with Crippen LogP contribution in [0.25, 0.3) is 5.69 Å². The van der Waals surface area contributed by atoms with Gasteiger partial charge in [-0.25, -0.2) is 13.5 Å². The van der Waals surface area contributed by atoms with Crippen LogP contribution in [0.1, 0.15) is 28.9 Å². The van der Waals surface area contributed by atoms with Crippen LogP contribution in [0, 0.1) is 11.6 Å². The minimum atomic E-state index is -0.388. The third-order valence-electron chi connectivity index (χ3n) is 5.37. The highest BCUT2D eigenvalue weighted by Crippen LogP contribution is 2.34. The van der Waals surface area contributed by atoms with Crippen molar-refractivity contribution in [1.29, 1.82) is 0 Å². The Morgan fingerprint density at radius 2 is 1.79 bits per heavy atom. The Balaban J connectivity index is 1.50. The van der Waals surface area contributed by atoms with Crippen molar-refractivity contribution in [3.05, 3.63) is 83.7 Å². The van der Waals surface area contributed by atoms with Crippen molar-refractivity contribution in [1.82, 2.24) is 15.1 Å². The molecule has 0 atom stereocenters. The molecule has 0 bridgehead atoms. The lowest BCUT2D eigenvalue weighted by atomic mass is 9.74. The lowest BCUT2D eigenvalue weighted by Crippen LogP contribution is -2.44. The molecular formula is C22H21F2N3O2. The minimum absolute atomic E-state index is 0.232. The number of carbonyl (C=O) groups excluding carboxylic acids is 1. The van der Waals surface area contributed by atoms with Crippen molar-refractivity contribution in [3.8, 4) is 5.69 Å². The van der Waals surface area contributed by atoms with Crippen molar-refractivity contribution >= 4 is 5.91 Å². The Hall–Kier alpha value is -3.06. The molecule has 29 heavy (non-hydrogen) atoms. The molecule has 4 rings (SSSR count). The molecule has 0 saturated carbocycles. The molecular weight excluding hydrogens is 376 g/mol. The molecule has 1 fully saturated rings. The summed E-state index contributed by atoms with van der Waals surface area (Å²) in [6.45, 7) is 1.46. The van der Waals surface area contributed by atoms with Crippen molar-refractivity contribution < 1.29 is 18.3 Å². The summed E-state index contributed by atoms with van der Waals surface area (Å²) in [5.74, 6) is -1.00. The second-order valence-electron chi connectivity index (χ2n) is 7.21. The molecule has 7 heteroatoms. The molecule has 2 aromatic carbocycles. The molecule has 3 aromatic rings. The van der Waals surface area contributed by atoms with E-state index in [9.17, 15) is 13.6 Å². The highest BCUT2D eigenvalue weighted by atomic mass is 19.1. The van der Waals surface area contributed by atoms with Crippen molar-refractivity contribution in [3.63, 3.8) is 0 Å². The summed E-state index contributed by atoms with van der Waals surface area (Å²) < 4.78 is 34.1. The first-order valence-corrected chi connectivity index (χ1v) is 9.49. The third-order valence-corrected chi connectivity index (χ3v) is 5.37. The highest BCUT2D eigenvalue weighted by molar-refractivity contribution is 5.92. The second kappa shape index (κ2) is 8.13. The zero-order chi connectivity index (χ0) is 20.3. The van der Waals surface area contributed by atoms with Crippen molar-refractivity contribution in [2.45, 2.75) is 18.3 Å². The third kappa shape index (κ3) is 4.19. The van der Waals surface area contributed by atoms with Crippen LogP contribution < -0.4 is 5.32 Å². The molecule has 1 saturated heterocycles. The first-order chi connectivity index (χ1) is 14.1. The fourth-order valence-electron chi connectivity index (χ4n) is 3.70. The smallest absolute Gasteiger partial charge is 0.271 e. The summed E-state index contributed by atoms with van der Waals surface area (Å²) in [6, 6.07) is 14.1. The number of aromatic nitrogens is 2. The van der Waals surface area contributed by atoms with Crippen LogP contribution in [0.4, 0.5) is 8.78 Å². The highest BCUT2D eigenvalue weighted by Gasteiger charge is 2.35. The van der Waals surface area contributed by atoms with Gasteiger partial charge in [-0.05, 0) is 54.8 Å². The zero-order valence-corrected chi connectivity index (χ0v) is 15.8. The zero-order valence-electron chi connectivity index (χ0n) is 15.8. The Labute approximate surface area is 167 Å². The standard InChI is InChI=1S/C22H21F2N3O2/c23-17-4-1-3-16(13-17)22(8-11-29-12-9-22)15-25-21(28)20-7-10-27(26-20)19-6-2-5-18(24)14-19/h1-7,10,13-14H,8-9,11-12,15H2,(H,25,28). The van der Waals surface area contributed by atoms with E-state index in [-0.39, 0.29) is 28.7 Å². The lowest BCUT2D eigenvalue weighted by Gasteiger charge is -2.37. The van der Waals surface area contributed by atoms with E-state index >= 15 is 0 Å². The number of nitrogens with one attached hydrogen (secondary N) is 1. The number of amides is 1. The Morgan fingerprint density at radius 3 is 2.52 bits per heavy atom. The van der Waals surface area contributed by atoms with Crippen LogP contribution in [0.15, 0.2) is 60.8 Å². The van der Waals surface area contributed by atoms with Crippen molar-refractivity contribution in [2.75, 3.05) is 19.8 Å². The number of halogens is 2. The fourth-order valence-corrected chi connectivity index (χ4v) is 3.70. The maximum absolute atomic E-state index is 13.8. The van der Waals surface area contributed by atoms with E-state index in [1.807, 2.05) is 6.07 Å². The number of ether oxygens (including phenoxy) is 1. The topological polar surface area (TPSA) is 56.1 Å². The molecule has 2 heterocycles. The summed E-state index contributed by atoms with van der Waals surface area (Å²) >= 11 is 0. The van der Waals surface area contributed by atoms with Gasteiger partial charge in [0, 0.05) is 31.4 Å². The molecule has 0 unspecified atom stereocenters. The van der Waals surface area contributed by atoms with Gasteiger partial charge in [0.25, 0.3) is 5.91 Å². The Kier molecular flexibility index (Phi) is 5.40. The summed E-state index contributed by atoms with van der Waals surface area (Å²) in [5, 5.41) is 7.18. The number of hydrogen-bond donors (Lipinski definition) is 1. The molecule has 0 aliphatic carbocycles. The van der Waals surface area contributed by atoms with E-state index in [0.717, 1.165) is 5.56 Å². The molecule has 150 valence electrons. The fraction of sp³-hybridized carbons (Fsp3) is 0.273. The van der Waals surface area contributed by atoms with Gasteiger partial charge in [0.05, 0.1) is 5.69 Å². The van der Waals surface area contributed by atoms with Gasteiger partial charge in [-0.2, -0.15) is 5.10 Å². The first kappa shape index (κ1) is 19.3. The molecule has 0 spiro atoms. The number of hydrogen-bond acceptors (Lipinski definition) is 3. The van der Waals surface area contributed by atoms with Crippen LogP contribution in [0.2, 0.25) is 0 Å². The normalized spacial score (nSPS) is 15.8. The van der Waals surface area contributed by atoms with Gasteiger partial charge in [0.2, 0.25) is 0 Å². The lowest BCUT2D eigenvalue weighted by molar-refractivity contribution is 0.0485. The number of benzene rings is 2. The van der Waals surface area contributed by atoms with Gasteiger partial charge in [-0.3, -0.25) is 4.79 Å². The van der Waals surface area contributed by atoms with Gasteiger partial charge in [-0.15, -0.1) is 0 Å². The first-order valence-electron chi connectivity index (χ1n) is 9.49. The summed E-state index contributed by atoms with van der Waals surface area (Å²) in [5.41, 5.74) is 1.23. The molecule has 0 radical (unpaired) electrons. The molecule has 1 amide bonds. The Bertz CT molecular complexity index is 1010. The summed E-state index contributed by atoms with van der Waals surface area (Å²) in [6.07, 6.45) is 2.99. The van der Waals surface area contributed by atoms with Gasteiger partial charge < -0.3 is 10.1 Å². The van der Waals surface area contributed by atoms with Gasteiger partial charge >= 0.3 is 0 Å². The van der Waals surface area contributed by atoms with E-state index < -0.39 is 0 Å². The number of carbonyl (C=O) groups is 1. The maximum atomic E-state index is 13.8. The molecule has 1 aliphatic heterocycles. The van der Waals surface area contributed by atoms with E-state index in [2.05, 4.69) is 10.4 Å². The monoisotopic (exact) mass is 397 g/mol. The van der Waals surface area contributed by atoms with Gasteiger partial charge in [0.15, 0.2) is 5.69 Å². The average Bonchev–Trinajstić information content (AvgIpc) is 3.23. The van der Waals surface area contributed by atoms with E-state index in [4.69, 9.17) is 4.74 Å². The Morgan fingerprint density at radius 1 is 1.07 bits per heavy atom. The largest absolute Gasteiger partial charge is 0.381 e. The average molecular weight is 397 g/mol. The van der Waals surface area contributed by atoms with Crippen LogP contribution in [-0.4, -0.2) is 35.4 Å². The molecule has 1 N–H and O–H groups in total. The van der Waals surface area contributed by atoms with E-state index in [1.165, 1.54) is 28.9 Å². The van der Waals surface area contributed by atoms with Crippen LogP contribution >= 0.6 is 0 Å².